The summed E-state index contributed by atoms with van der Waals surface area (Å²) < 4.78 is 0. The van der Waals surface area contributed by atoms with Crippen LogP contribution in [0, 0.1) is 41.5 Å². The van der Waals surface area contributed by atoms with Crippen LogP contribution >= 0.6 is 15.8 Å². The van der Waals surface area contributed by atoms with Crippen molar-refractivity contribution < 1.29 is 41.3 Å². The van der Waals surface area contributed by atoms with E-state index in [1.165, 1.54) is 65.2 Å². The predicted molar refractivity (Wildman–Crippen MR) is 199 cm³/mol. The summed E-state index contributed by atoms with van der Waals surface area (Å²) in [7, 11) is -1.02. The first-order valence-corrected chi connectivity index (χ1v) is 18.0. The molecule has 0 amide bonds. The van der Waals surface area contributed by atoms with Gasteiger partial charge < -0.3 is 24.8 Å². The van der Waals surface area contributed by atoms with Gasteiger partial charge in [-0.1, -0.05) is 146 Å². The molecule has 0 atom stereocenters. The molecule has 0 aliphatic carbocycles. The predicted octanol–water partition coefficient (Wildman–Crippen LogP) is 2.75. The molecule has 6 rings (SSSR count). The Kier molecular flexibility index (Phi) is 16.6. The molecule has 0 radical (unpaired) electrons. The van der Waals surface area contributed by atoms with Gasteiger partial charge in [0, 0.05) is 0 Å². The maximum absolute atomic E-state index is 2.29. The minimum absolute atomic E-state index is 0. The first-order chi connectivity index (χ1) is 21.4. The maximum atomic E-state index is 2.29. The van der Waals surface area contributed by atoms with E-state index in [0.29, 0.717) is 0 Å². The molecule has 0 saturated carbocycles. The third-order valence-corrected chi connectivity index (χ3v) is 14.0. The molecular weight excluding hydrogens is 696 g/mol. The van der Waals surface area contributed by atoms with Gasteiger partial charge in [-0.25, -0.2) is 0 Å². The minimum Gasteiger partial charge on any atom is -1.00 e. The summed E-state index contributed by atoms with van der Waals surface area (Å²) >= 11 is 0. The van der Waals surface area contributed by atoms with Crippen molar-refractivity contribution in [1.29, 1.82) is 0 Å². The van der Waals surface area contributed by atoms with Crippen LogP contribution < -0.4 is 56.6 Å². The van der Waals surface area contributed by atoms with Crippen molar-refractivity contribution in [2.24, 2.45) is 0 Å². The third-order valence-electron chi connectivity index (χ3n) is 8.14. The average Bonchev–Trinajstić information content (AvgIpc) is 3.03. The number of hydrogen-bond acceptors (Lipinski definition) is 0. The van der Waals surface area contributed by atoms with Gasteiger partial charge in [-0.15, -0.1) is 0 Å². The number of rotatable bonds is 6. The Morgan fingerprint density at radius 3 is 0.511 bits per heavy atom. The smallest absolute Gasteiger partial charge is 1.00 e. The van der Waals surface area contributed by atoms with E-state index in [9.17, 15) is 0 Å². The van der Waals surface area contributed by atoms with E-state index in [1.54, 1.807) is 0 Å². The zero-order valence-electron chi connectivity index (χ0n) is 27.8. The Labute approximate surface area is 307 Å². The molecule has 0 saturated heterocycles. The Morgan fingerprint density at radius 1 is 0.255 bits per heavy atom. The molecule has 244 valence electrons. The summed E-state index contributed by atoms with van der Waals surface area (Å²) in [6, 6.07) is 52.8. The van der Waals surface area contributed by atoms with Crippen molar-refractivity contribution in [3.63, 3.8) is 0 Å². The van der Waals surface area contributed by atoms with Crippen LogP contribution in [0.1, 0.15) is 33.4 Å². The fourth-order valence-corrected chi connectivity index (χ4v) is 11.2. The molecule has 6 aromatic rings. The minimum atomic E-state index is -0.508. The van der Waals surface area contributed by atoms with Gasteiger partial charge in [-0.3, -0.25) is 0 Å². The topological polar surface area (TPSA) is 0 Å². The van der Waals surface area contributed by atoms with Crippen LogP contribution in [0.2, 0.25) is 0 Å². The van der Waals surface area contributed by atoms with E-state index in [0.717, 1.165) is 0 Å². The Morgan fingerprint density at radius 2 is 0.383 bits per heavy atom. The second kappa shape index (κ2) is 19.3. The largest absolute Gasteiger partial charge is 2.00 e. The van der Waals surface area contributed by atoms with Crippen molar-refractivity contribution in [3.05, 3.63) is 179 Å². The standard InChI is InChI=1S/2C21H21P.2ClH.Ni/c2*1-16-10-4-7-13-19(16)22(20-14-8-5-11-17(20)2)21-15-9-6-12-18(21)3;;;/h2*4-15H,1-3H3;2*1H;/q;;;;+2/p-2. The third kappa shape index (κ3) is 9.67. The fraction of sp³-hybridized carbons (Fsp3) is 0.143. The quantitative estimate of drug-likeness (QED) is 0.183. The van der Waals surface area contributed by atoms with E-state index in [4.69, 9.17) is 0 Å². The molecule has 0 heterocycles. The Bertz CT molecular complexity index is 1520. The Hall–Kier alpha value is -2.75. The molecule has 0 aliphatic rings. The van der Waals surface area contributed by atoms with Crippen LogP contribution in [0.5, 0.6) is 0 Å². The molecular formula is C42H42Cl2NiP2. The first kappa shape index (κ1) is 40.4. The molecule has 0 spiro atoms. The average molecular weight is 738 g/mol. The van der Waals surface area contributed by atoms with E-state index < -0.39 is 15.8 Å². The van der Waals surface area contributed by atoms with Crippen LogP contribution in [0.3, 0.4) is 0 Å². The van der Waals surface area contributed by atoms with Gasteiger partial charge in [-0.05, 0) is 123 Å². The molecule has 6 aromatic carbocycles. The van der Waals surface area contributed by atoms with E-state index in [2.05, 4.69) is 187 Å². The summed E-state index contributed by atoms with van der Waals surface area (Å²) in [6.07, 6.45) is 0. The van der Waals surface area contributed by atoms with Gasteiger partial charge in [-0.2, -0.15) is 0 Å². The van der Waals surface area contributed by atoms with E-state index >= 15 is 0 Å². The Balaban J connectivity index is 0.000000307. The zero-order chi connectivity index (χ0) is 31.1. The van der Waals surface area contributed by atoms with Crippen molar-refractivity contribution >= 4 is 47.7 Å². The zero-order valence-corrected chi connectivity index (χ0v) is 32.1. The van der Waals surface area contributed by atoms with Crippen molar-refractivity contribution in [1.82, 2.24) is 0 Å². The molecule has 0 nitrogen and oxygen atoms in total. The summed E-state index contributed by atoms with van der Waals surface area (Å²) in [6.45, 7) is 13.3. The second-order valence-electron chi connectivity index (χ2n) is 11.4. The van der Waals surface area contributed by atoms with Crippen LogP contribution in [0.4, 0.5) is 0 Å². The van der Waals surface area contributed by atoms with E-state index in [-0.39, 0.29) is 41.3 Å². The fourth-order valence-electron chi connectivity index (χ4n) is 5.66. The van der Waals surface area contributed by atoms with E-state index in [1.807, 2.05) is 0 Å². The van der Waals surface area contributed by atoms with Crippen molar-refractivity contribution in [2.75, 3.05) is 0 Å². The maximum Gasteiger partial charge on any atom is 2.00 e. The first-order valence-electron chi connectivity index (χ1n) is 15.3. The number of benzene rings is 6. The van der Waals surface area contributed by atoms with Crippen LogP contribution in [-0.2, 0) is 16.5 Å². The second-order valence-corrected chi connectivity index (χ2v) is 15.6. The number of halogens is 2. The van der Waals surface area contributed by atoms with Gasteiger partial charge in [0.15, 0.2) is 0 Å². The summed E-state index contributed by atoms with van der Waals surface area (Å²) in [5.41, 5.74) is 8.25. The molecule has 0 fully saturated rings. The van der Waals surface area contributed by atoms with Crippen LogP contribution in [0.15, 0.2) is 146 Å². The monoisotopic (exact) mass is 736 g/mol. The van der Waals surface area contributed by atoms with Crippen LogP contribution in [0.25, 0.3) is 0 Å². The SMILES string of the molecule is Cc1ccccc1P(c1ccccc1C)c1ccccc1C.Cc1ccccc1P(c1ccccc1C)c1ccccc1C.[Cl-].[Cl-].[Ni+2]. The molecule has 0 N–H and O–H groups in total. The van der Waals surface area contributed by atoms with Crippen molar-refractivity contribution in [3.8, 4) is 0 Å². The van der Waals surface area contributed by atoms with Gasteiger partial charge >= 0.3 is 16.5 Å². The van der Waals surface area contributed by atoms with Crippen molar-refractivity contribution in [2.45, 2.75) is 41.5 Å². The van der Waals surface area contributed by atoms with Gasteiger partial charge in [0.05, 0.1) is 0 Å². The molecule has 0 aliphatic heterocycles. The number of aryl methyl sites for hydroxylation is 6. The number of hydrogen-bond donors (Lipinski definition) is 0. The molecule has 5 heteroatoms. The van der Waals surface area contributed by atoms with Gasteiger partial charge in [0.25, 0.3) is 0 Å². The van der Waals surface area contributed by atoms with Crippen LogP contribution in [-0.4, -0.2) is 0 Å². The molecule has 47 heavy (non-hydrogen) atoms. The van der Waals surface area contributed by atoms with Gasteiger partial charge in [0.1, 0.15) is 0 Å². The summed E-state index contributed by atoms with van der Waals surface area (Å²) in [4.78, 5) is 0. The van der Waals surface area contributed by atoms with Gasteiger partial charge in [0.2, 0.25) is 0 Å². The normalized spacial score (nSPS) is 10.2. The summed E-state index contributed by atoms with van der Waals surface area (Å²) in [5, 5.41) is 8.76. The summed E-state index contributed by atoms with van der Waals surface area (Å²) in [5.74, 6) is 0. The molecule has 0 bridgehead atoms. The molecule has 0 unspecified atom stereocenters. The molecule has 0 aromatic heterocycles.